The quantitative estimate of drug-likeness (QED) is 0.417. The summed E-state index contributed by atoms with van der Waals surface area (Å²) in [5.74, 6) is 0.365. The highest BCUT2D eigenvalue weighted by molar-refractivity contribution is 5.72. The Bertz CT molecular complexity index is 982. The molecule has 1 fully saturated rings. The van der Waals surface area contributed by atoms with Crippen molar-refractivity contribution in [1.82, 2.24) is 10.2 Å². The molecule has 1 aliphatic heterocycles. The van der Waals surface area contributed by atoms with Crippen LogP contribution in [0.1, 0.15) is 61.1 Å². The van der Waals surface area contributed by atoms with Gasteiger partial charge in [0.15, 0.2) is 0 Å². The van der Waals surface area contributed by atoms with E-state index in [0.29, 0.717) is 30.6 Å². The summed E-state index contributed by atoms with van der Waals surface area (Å²) in [7, 11) is 1.21. The van der Waals surface area contributed by atoms with Crippen molar-refractivity contribution in [2.45, 2.75) is 51.2 Å². The fourth-order valence-corrected chi connectivity index (χ4v) is 4.30. The van der Waals surface area contributed by atoms with Gasteiger partial charge in [-0.15, -0.1) is 0 Å². The fourth-order valence-electron chi connectivity index (χ4n) is 4.30. The monoisotopic (exact) mass is 548 g/mol. The normalized spacial score (nSPS) is 19.3. The maximum absolute atomic E-state index is 12.5. The van der Waals surface area contributed by atoms with E-state index in [4.69, 9.17) is 4.74 Å². The number of carbonyl (C=O) groups is 1. The Morgan fingerprint density at radius 1 is 1.05 bits per heavy atom. The van der Waals surface area contributed by atoms with Crippen LogP contribution >= 0.6 is 0 Å². The molecule has 0 spiro atoms. The Morgan fingerprint density at radius 3 is 2.11 bits per heavy atom. The summed E-state index contributed by atoms with van der Waals surface area (Å²) in [4.78, 5) is 13.4. The number of hydrogen-bond acceptors (Lipinski definition) is 4. The van der Waals surface area contributed by atoms with E-state index in [-0.39, 0.29) is 24.1 Å². The van der Waals surface area contributed by atoms with E-state index in [1.54, 1.807) is 6.92 Å². The summed E-state index contributed by atoms with van der Waals surface area (Å²) in [5, 5.41) is 12.2. The zero-order valence-electron chi connectivity index (χ0n) is 21.6. The van der Waals surface area contributed by atoms with E-state index < -0.39 is 29.6 Å². The molecule has 2 aromatic carbocycles. The topological polar surface area (TPSA) is 61.8 Å². The van der Waals surface area contributed by atoms with Crippen molar-refractivity contribution in [3.8, 4) is 0 Å². The summed E-state index contributed by atoms with van der Waals surface area (Å²) < 4.78 is 79.7. The highest BCUT2D eigenvalue weighted by atomic mass is 19.4. The van der Waals surface area contributed by atoms with E-state index in [9.17, 15) is 36.2 Å². The Hall–Kier alpha value is -2.63. The minimum absolute atomic E-state index is 0.0111. The van der Waals surface area contributed by atoms with Crippen LogP contribution in [0, 0.1) is 5.92 Å². The van der Waals surface area contributed by atoms with Crippen LogP contribution in [0.5, 0.6) is 0 Å². The number of aliphatic hydroxyl groups excluding tert-OH is 1. The smallest absolute Gasteiger partial charge is 0.396 e. The molecule has 1 saturated heterocycles. The summed E-state index contributed by atoms with van der Waals surface area (Å²) in [5.41, 5.74) is -1.51. The number of hydrogen-bond donors (Lipinski definition) is 2. The van der Waals surface area contributed by atoms with Crippen LogP contribution in [0.4, 0.5) is 26.3 Å². The van der Waals surface area contributed by atoms with E-state index in [2.05, 4.69) is 34.5 Å². The molecule has 11 heteroatoms. The van der Waals surface area contributed by atoms with Gasteiger partial charge >= 0.3 is 12.4 Å². The predicted molar refractivity (Wildman–Crippen MR) is 131 cm³/mol. The zero-order chi connectivity index (χ0) is 28.5. The third-order valence-electron chi connectivity index (χ3n) is 6.43. The molecular formula is C27H34F6N2O3. The predicted octanol–water partition coefficient (Wildman–Crippen LogP) is 6.00. The lowest BCUT2D eigenvalue weighted by atomic mass is 9.89. The third-order valence-corrected chi connectivity index (χ3v) is 6.43. The van der Waals surface area contributed by atoms with Gasteiger partial charge in [0, 0.05) is 46.3 Å². The second kappa shape index (κ2) is 14.0. The van der Waals surface area contributed by atoms with Crippen molar-refractivity contribution in [3.63, 3.8) is 0 Å². The molecule has 0 saturated carbocycles. The van der Waals surface area contributed by atoms with Crippen molar-refractivity contribution < 1.29 is 41.0 Å². The number of nitrogens with one attached hydrogen (secondary N) is 1. The number of amides is 1. The molecular weight excluding hydrogens is 514 g/mol. The number of ether oxygens (including phenoxy) is 1. The van der Waals surface area contributed by atoms with Gasteiger partial charge in [0.25, 0.3) is 0 Å². The van der Waals surface area contributed by atoms with Gasteiger partial charge in [0.05, 0.1) is 17.2 Å². The number of methoxy groups -OCH3 is 1. The second-order valence-electron chi connectivity index (χ2n) is 9.25. The number of halogens is 6. The Kier molecular flexibility index (Phi) is 11.6. The SMILES string of the molecule is CC(=O)NCCN1C[C@@H](CO)CC[C@H]1c1ccccc1.CO[C@H](C)c1cc(C(F)(F)F)cc(C(F)(F)F)c1. The zero-order valence-corrected chi connectivity index (χ0v) is 21.6. The Labute approximate surface area is 218 Å². The van der Waals surface area contributed by atoms with Crippen LogP contribution in [0.25, 0.3) is 0 Å². The van der Waals surface area contributed by atoms with Gasteiger partial charge in [-0.1, -0.05) is 30.3 Å². The minimum atomic E-state index is -4.83. The summed E-state index contributed by atoms with van der Waals surface area (Å²) >= 11 is 0. The first-order valence-corrected chi connectivity index (χ1v) is 12.2. The largest absolute Gasteiger partial charge is 0.416 e. The first-order valence-electron chi connectivity index (χ1n) is 12.2. The standard InChI is InChI=1S/C16H24N2O2.C11H10F6O/c1-13(20)17-9-10-18-11-14(12-19)7-8-16(18)15-5-3-2-4-6-15;1-6(18-2)7-3-8(10(12,13)14)5-9(4-7)11(15,16)17/h2-6,14,16,19H,7-12H2,1H3,(H,17,20);3-6H,1-2H3/t14-,16-;6-/m01/s1. The van der Waals surface area contributed by atoms with E-state index >= 15 is 0 Å². The molecule has 0 radical (unpaired) electrons. The van der Waals surface area contributed by atoms with Gasteiger partial charge in [-0.25, -0.2) is 0 Å². The molecule has 3 rings (SSSR count). The lowest BCUT2D eigenvalue weighted by Gasteiger charge is -2.39. The number of benzene rings is 2. The molecule has 2 aromatic rings. The number of carbonyl (C=O) groups excluding carboxylic acids is 1. The fraction of sp³-hybridized carbons (Fsp3) is 0.519. The van der Waals surface area contributed by atoms with Gasteiger partial charge in [-0.3, -0.25) is 9.69 Å². The maximum Gasteiger partial charge on any atom is 0.416 e. The number of piperidine rings is 1. The number of aliphatic hydroxyl groups is 1. The average molecular weight is 549 g/mol. The molecule has 1 amide bonds. The van der Waals surface area contributed by atoms with Crippen LogP contribution in [-0.2, 0) is 21.9 Å². The summed E-state index contributed by atoms with van der Waals surface area (Å²) in [6.07, 6.45) is -8.39. The van der Waals surface area contributed by atoms with Crippen LogP contribution in [0.2, 0.25) is 0 Å². The molecule has 212 valence electrons. The first-order chi connectivity index (χ1) is 17.8. The molecule has 0 unspecified atom stereocenters. The van der Waals surface area contributed by atoms with Crippen molar-refractivity contribution in [2.75, 3.05) is 33.4 Å². The highest BCUT2D eigenvalue weighted by Crippen LogP contribution is 2.38. The second-order valence-corrected chi connectivity index (χ2v) is 9.25. The lowest BCUT2D eigenvalue weighted by Crippen LogP contribution is -2.43. The molecule has 0 aromatic heterocycles. The molecule has 38 heavy (non-hydrogen) atoms. The van der Waals surface area contributed by atoms with E-state index in [1.807, 2.05) is 6.07 Å². The number of rotatable bonds is 7. The molecule has 2 N–H and O–H groups in total. The maximum atomic E-state index is 12.5. The number of nitrogens with zero attached hydrogens (tertiary/aromatic N) is 1. The molecule has 3 atom stereocenters. The van der Waals surface area contributed by atoms with Gasteiger partial charge in [0.2, 0.25) is 5.91 Å². The first kappa shape index (κ1) is 31.6. The number of likely N-dealkylation sites (tertiary alicyclic amines) is 1. The Morgan fingerprint density at radius 2 is 1.63 bits per heavy atom. The summed E-state index contributed by atoms with van der Waals surface area (Å²) in [6, 6.07) is 12.3. The van der Waals surface area contributed by atoms with Gasteiger partial charge in [0.1, 0.15) is 0 Å². The van der Waals surface area contributed by atoms with Crippen molar-refractivity contribution in [1.29, 1.82) is 0 Å². The summed E-state index contributed by atoms with van der Waals surface area (Å²) in [6.45, 7) is 5.55. The lowest BCUT2D eigenvalue weighted by molar-refractivity contribution is -0.143. The molecule has 5 nitrogen and oxygen atoms in total. The molecule has 1 aliphatic rings. The molecule has 0 aliphatic carbocycles. The number of alkyl halides is 6. The van der Waals surface area contributed by atoms with Crippen LogP contribution in [-0.4, -0.2) is 49.3 Å². The van der Waals surface area contributed by atoms with Gasteiger partial charge in [-0.2, -0.15) is 26.3 Å². The van der Waals surface area contributed by atoms with Crippen LogP contribution in [0.3, 0.4) is 0 Å². The van der Waals surface area contributed by atoms with Crippen molar-refractivity contribution >= 4 is 5.91 Å². The van der Waals surface area contributed by atoms with Gasteiger partial charge < -0.3 is 15.2 Å². The van der Waals surface area contributed by atoms with E-state index in [0.717, 1.165) is 25.9 Å². The molecule has 0 bridgehead atoms. The third kappa shape index (κ3) is 9.59. The van der Waals surface area contributed by atoms with Crippen LogP contribution in [0.15, 0.2) is 48.5 Å². The van der Waals surface area contributed by atoms with Crippen LogP contribution < -0.4 is 5.32 Å². The van der Waals surface area contributed by atoms with Crippen molar-refractivity contribution in [2.24, 2.45) is 5.92 Å². The van der Waals surface area contributed by atoms with Gasteiger partial charge in [-0.05, 0) is 55.0 Å². The Balaban J connectivity index is 0.000000269. The highest BCUT2D eigenvalue weighted by Gasteiger charge is 2.37. The van der Waals surface area contributed by atoms with E-state index in [1.165, 1.54) is 19.6 Å². The molecule has 1 heterocycles. The average Bonchev–Trinajstić information content (AvgIpc) is 2.87. The van der Waals surface area contributed by atoms with Crippen molar-refractivity contribution in [3.05, 3.63) is 70.8 Å². The minimum Gasteiger partial charge on any atom is -0.396 e.